The monoisotopic (exact) mass is 359 g/mol. The number of benzene rings is 1. The fraction of sp³-hybridized carbons (Fsp3) is 0.600. The molecule has 5 heteroatoms. The maximum absolute atomic E-state index is 12.5. The molecule has 0 radical (unpaired) electrons. The minimum Gasteiger partial charge on any atom is -0.207 e. The number of hydrogen-bond donors (Lipinski definition) is 0. The molecular weight excluding hydrogens is 338 g/mol. The van der Waals surface area contributed by atoms with Crippen LogP contribution in [0, 0.1) is 0 Å². The van der Waals surface area contributed by atoms with Gasteiger partial charge >= 0.3 is 0 Å². The normalized spacial score (nSPS) is 14.8. The Labute approximate surface area is 130 Å². The lowest BCUT2D eigenvalue weighted by Crippen LogP contribution is -2.28. The maximum Gasteiger partial charge on any atom is 0.242 e. The van der Waals surface area contributed by atoms with Gasteiger partial charge in [0, 0.05) is 18.9 Å². The van der Waals surface area contributed by atoms with Crippen molar-refractivity contribution in [2.75, 3.05) is 18.9 Å². The molecule has 112 valence electrons. The summed E-state index contributed by atoms with van der Waals surface area (Å²) in [5.41, 5.74) is 2.52. The molecule has 0 saturated heterocycles. The van der Waals surface area contributed by atoms with Crippen LogP contribution in [0.3, 0.4) is 0 Å². The Morgan fingerprint density at radius 2 is 1.90 bits per heavy atom. The molecule has 1 aromatic carbocycles. The first-order valence-electron chi connectivity index (χ1n) is 7.20. The van der Waals surface area contributed by atoms with Gasteiger partial charge in [0.2, 0.25) is 10.0 Å². The molecule has 0 heterocycles. The number of halogens is 1. The van der Waals surface area contributed by atoms with E-state index in [4.69, 9.17) is 0 Å². The summed E-state index contributed by atoms with van der Waals surface area (Å²) in [7, 11) is -1.65. The number of rotatable bonds is 7. The molecule has 1 aliphatic rings. The zero-order chi connectivity index (χ0) is 14.6. The molecule has 0 aromatic heterocycles. The summed E-state index contributed by atoms with van der Waals surface area (Å²) in [6, 6.07) is 5.61. The molecule has 0 unspecified atom stereocenters. The lowest BCUT2D eigenvalue weighted by molar-refractivity contribution is 0.454. The standard InChI is InChI=1S/C15H22BrNO2S/c1-17(11-4-2-3-10-16)20(18,19)15-9-8-13-6-5-7-14(13)12-15/h8-9,12H,2-7,10-11H2,1H3. The van der Waals surface area contributed by atoms with E-state index in [1.807, 2.05) is 12.1 Å². The summed E-state index contributed by atoms with van der Waals surface area (Å²) in [5, 5.41) is 0.980. The van der Waals surface area contributed by atoms with Crippen LogP contribution in [-0.4, -0.2) is 31.6 Å². The molecule has 0 amide bonds. The van der Waals surface area contributed by atoms with E-state index in [0.717, 1.165) is 43.9 Å². The second-order valence-electron chi connectivity index (χ2n) is 5.36. The van der Waals surface area contributed by atoms with E-state index >= 15 is 0 Å². The van der Waals surface area contributed by atoms with Crippen molar-refractivity contribution < 1.29 is 8.42 Å². The predicted octanol–water partition coefficient (Wildman–Crippen LogP) is 3.36. The van der Waals surface area contributed by atoms with E-state index in [2.05, 4.69) is 15.9 Å². The molecule has 1 aromatic rings. The molecule has 3 nitrogen and oxygen atoms in total. The van der Waals surface area contributed by atoms with E-state index in [1.165, 1.54) is 15.4 Å². The molecule has 0 saturated carbocycles. The minimum atomic E-state index is -3.33. The number of unbranched alkanes of at least 4 members (excludes halogenated alkanes) is 2. The molecule has 0 N–H and O–H groups in total. The zero-order valence-corrected chi connectivity index (χ0v) is 14.3. The van der Waals surface area contributed by atoms with Crippen LogP contribution < -0.4 is 0 Å². The van der Waals surface area contributed by atoms with Crippen LogP contribution in [0.15, 0.2) is 23.1 Å². The van der Waals surface area contributed by atoms with Crippen molar-refractivity contribution in [1.29, 1.82) is 0 Å². The highest BCUT2D eigenvalue weighted by molar-refractivity contribution is 9.09. The van der Waals surface area contributed by atoms with Crippen LogP contribution >= 0.6 is 15.9 Å². The Bertz CT molecular complexity index is 557. The Hall–Kier alpha value is -0.390. The maximum atomic E-state index is 12.5. The van der Waals surface area contributed by atoms with Crippen molar-refractivity contribution in [1.82, 2.24) is 4.31 Å². The number of fused-ring (bicyclic) bond motifs is 1. The fourth-order valence-electron chi connectivity index (χ4n) is 2.61. The van der Waals surface area contributed by atoms with Gasteiger partial charge in [0.1, 0.15) is 0 Å². The molecule has 0 atom stereocenters. The molecule has 0 bridgehead atoms. The second-order valence-corrected chi connectivity index (χ2v) is 8.20. The van der Waals surface area contributed by atoms with Crippen molar-refractivity contribution in [2.45, 2.75) is 43.4 Å². The third-order valence-corrected chi connectivity index (χ3v) is 6.30. The van der Waals surface area contributed by atoms with Gasteiger partial charge in [-0.25, -0.2) is 12.7 Å². The summed E-state index contributed by atoms with van der Waals surface area (Å²) in [6.45, 7) is 0.590. The second kappa shape index (κ2) is 7.05. The van der Waals surface area contributed by atoms with Gasteiger partial charge in [-0.15, -0.1) is 0 Å². The predicted molar refractivity (Wildman–Crippen MR) is 85.9 cm³/mol. The molecule has 2 rings (SSSR count). The van der Waals surface area contributed by atoms with Gasteiger partial charge < -0.3 is 0 Å². The summed E-state index contributed by atoms with van der Waals surface area (Å²) >= 11 is 3.39. The van der Waals surface area contributed by atoms with E-state index < -0.39 is 10.0 Å². The molecule has 20 heavy (non-hydrogen) atoms. The van der Waals surface area contributed by atoms with Crippen LogP contribution in [-0.2, 0) is 22.9 Å². The van der Waals surface area contributed by atoms with Crippen molar-refractivity contribution in [2.24, 2.45) is 0 Å². The van der Waals surface area contributed by atoms with Gasteiger partial charge in [-0.1, -0.05) is 28.4 Å². The molecular formula is C15H22BrNO2S. The van der Waals surface area contributed by atoms with Crippen LogP contribution in [0.25, 0.3) is 0 Å². The van der Waals surface area contributed by atoms with Crippen LogP contribution in [0.1, 0.15) is 36.8 Å². The summed E-state index contributed by atoms with van der Waals surface area (Å²) < 4.78 is 26.5. The van der Waals surface area contributed by atoms with Crippen molar-refractivity contribution in [3.8, 4) is 0 Å². The van der Waals surface area contributed by atoms with Gasteiger partial charge in [-0.2, -0.15) is 0 Å². The summed E-state index contributed by atoms with van der Waals surface area (Å²) in [5.74, 6) is 0. The minimum absolute atomic E-state index is 0.446. The van der Waals surface area contributed by atoms with Gasteiger partial charge in [0.15, 0.2) is 0 Å². The Balaban J connectivity index is 2.05. The van der Waals surface area contributed by atoms with E-state index in [-0.39, 0.29) is 0 Å². The highest BCUT2D eigenvalue weighted by atomic mass is 79.9. The lowest BCUT2D eigenvalue weighted by Gasteiger charge is -2.17. The van der Waals surface area contributed by atoms with E-state index in [9.17, 15) is 8.42 Å². The van der Waals surface area contributed by atoms with Crippen molar-refractivity contribution >= 4 is 26.0 Å². The average Bonchev–Trinajstić information content (AvgIpc) is 2.90. The SMILES string of the molecule is CN(CCCCCBr)S(=O)(=O)c1ccc2c(c1)CCC2. The fourth-order valence-corrected chi connectivity index (χ4v) is 4.27. The van der Waals surface area contributed by atoms with Gasteiger partial charge in [0.05, 0.1) is 4.90 Å². The number of nitrogens with zero attached hydrogens (tertiary/aromatic N) is 1. The largest absolute Gasteiger partial charge is 0.242 e. The smallest absolute Gasteiger partial charge is 0.207 e. The number of aryl methyl sites for hydroxylation is 2. The third-order valence-electron chi connectivity index (χ3n) is 3.88. The first-order valence-corrected chi connectivity index (χ1v) is 9.76. The number of sulfonamides is 1. The quantitative estimate of drug-likeness (QED) is 0.552. The summed E-state index contributed by atoms with van der Waals surface area (Å²) in [6.07, 6.45) is 6.28. The molecule has 0 spiro atoms. The Kier molecular flexibility index (Phi) is 5.64. The number of hydrogen-bond acceptors (Lipinski definition) is 2. The zero-order valence-electron chi connectivity index (χ0n) is 11.9. The Morgan fingerprint density at radius 3 is 2.65 bits per heavy atom. The van der Waals surface area contributed by atoms with Gasteiger partial charge in [-0.05, 0) is 55.4 Å². The van der Waals surface area contributed by atoms with Crippen molar-refractivity contribution in [3.05, 3.63) is 29.3 Å². The van der Waals surface area contributed by atoms with Crippen molar-refractivity contribution in [3.63, 3.8) is 0 Å². The first kappa shape index (κ1) is 16.0. The Morgan fingerprint density at radius 1 is 1.15 bits per heavy atom. The highest BCUT2D eigenvalue weighted by Gasteiger charge is 2.22. The van der Waals surface area contributed by atoms with Crippen LogP contribution in [0.2, 0.25) is 0 Å². The molecule has 0 aliphatic heterocycles. The van der Waals surface area contributed by atoms with Crippen LogP contribution in [0.4, 0.5) is 0 Å². The van der Waals surface area contributed by atoms with E-state index in [1.54, 1.807) is 13.1 Å². The lowest BCUT2D eigenvalue weighted by atomic mass is 10.1. The first-order chi connectivity index (χ1) is 9.55. The summed E-state index contributed by atoms with van der Waals surface area (Å²) in [4.78, 5) is 0.446. The van der Waals surface area contributed by atoms with E-state index in [0.29, 0.717) is 11.4 Å². The molecule has 1 aliphatic carbocycles. The van der Waals surface area contributed by atoms with Gasteiger partial charge in [0.25, 0.3) is 0 Å². The molecule has 0 fully saturated rings. The number of alkyl halides is 1. The highest BCUT2D eigenvalue weighted by Crippen LogP contribution is 2.26. The van der Waals surface area contributed by atoms with Crippen LogP contribution in [0.5, 0.6) is 0 Å². The van der Waals surface area contributed by atoms with Gasteiger partial charge in [-0.3, -0.25) is 0 Å². The third kappa shape index (κ3) is 3.62. The average molecular weight is 360 g/mol. The topological polar surface area (TPSA) is 37.4 Å².